The monoisotopic (exact) mass is 318 g/mol. The molecule has 2 N–H and O–H groups in total. The van der Waals surface area contributed by atoms with Gasteiger partial charge in [0.15, 0.2) is 0 Å². The van der Waals surface area contributed by atoms with Crippen LogP contribution in [0.4, 0.5) is 11.4 Å². The van der Waals surface area contributed by atoms with Crippen molar-refractivity contribution < 1.29 is 9.53 Å². The smallest absolute Gasteiger partial charge is 0.246 e. The number of halogens is 1. The molecule has 0 spiro atoms. The van der Waals surface area contributed by atoms with Crippen LogP contribution in [-0.2, 0) is 4.79 Å². The van der Waals surface area contributed by atoms with E-state index in [4.69, 9.17) is 16.3 Å². The lowest BCUT2D eigenvalue weighted by molar-refractivity contribution is -0.116. The van der Waals surface area contributed by atoms with Crippen LogP contribution in [0.1, 0.15) is 12.5 Å². The molecule has 0 fully saturated rings. The number of ether oxygens (including phenoxy) is 1. The molecule has 0 saturated heterocycles. The van der Waals surface area contributed by atoms with Crippen LogP contribution in [0.15, 0.2) is 42.5 Å². The maximum Gasteiger partial charge on any atom is 0.246 e. The van der Waals surface area contributed by atoms with E-state index >= 15 is 0 Å². The average molecular weight is 319 g/mol. The first-order chi connectivity index (χ1) is 10.5. The van der Waals surface area contributed by atoms with Gasteiger partial charge in [-0.2, -0.15) is 0 Å². The number of nitrogens with one attached hydrogen (secondary N) is 2. The highest BCUT2D eigenvalue weighted by atomic mass is 35.5. The van der Waals surface area contributed by atoms with Gasteiger partial charge < -0.3 is 15.4 Å². The van der Waals surface area contributed by atoms with Crippen LogP contribution in [0.5, 0.6) is 5.75 Å². The van der Waals surface area contributed by atoms with Crippen molar-refractivity contribution in [3.8, 4) is 5.75 Å². The minimum atomic E-state index is -0.397. The van der Waals surface area contributed by atoms with Gasteiger partial charge in [0.05, 0.1) is 12.8 Å². The van der Waals surface area contributed by atoms with E-state index in [1.807, 2.05) is 31.2 Å². The predicted octanol–water partition coefficient (Wildman–Crippen LogP) is 4.10. The molecular formula is C17H19ClN2O2. The lowest BCUT2D eigenvalue weighted by atomic mass is 10.2. The van der Waals surface area contributed by atoms with Gasteiger partial charge in [-0.05, 0) is 44.2 Å². The Bertz CT molecular complexity index is 656. The molecule has 2 aromatic carbocycles. The zero-order valence-electron chi connectivity index (χ0n) is 12.8. The minimum Gasteiger partial charge on any atom is -0.495 e. The molecule has 1 atom stereocenters. The summed E-state index contributed by atoms with van der Waals surface area (Å²) in [5.41, 5.74) is 2.62. The lowest BCUT2D eigenvalue weighted by Crippen LogP contribution is -2.32. The summed E-state index contributed by atoms with van der Waals surface area (Å²) < 4.78 is 5.22. The number of aryl methyl sites for hydroxylation is 1. The second-order valence-corrected chi connectivity index (χ2v) is 5.50. The lowest BCUT2D eigenvalue weighted by Gasteiger charge is -2.17. The Balaban J connectivity index is 2.05. The van der Waals surface area contributed by atoms with Crippen molar-refractivity contribution in [3.05, 3.63) is 53.1 Å². The predicted molar refractivity (Wildman–Crippen MR) is 90.9 cm³/mol. The number of anilines is 2. The van der Waals surface area contributed by atoms with Crippen LogP contribution in [0.2, 0.25) is 5.02 Å². The Morgan fingerprint density at radius 1 is 1.18 bits per heavy atom. The fourth-order valence-corrected chi connectivity index (χ4v) is 2.16. The number of amides is 1. The molecule has 116 valence electrons. The van der Waals surface area contributed by atoms with Crippen molar-refractivity contribution in [1.29, 1.82) is 0 Å². The molecule has 0 aliphatic carbocycles. The van der Waals surface area contributed by atoms with Crippen molar-refractivity contribution in [3.63, 3.8) is 0 Å². The average Bonchev–Trinajstić information content (AvgIpc) is 2.49. The Labute approximate surface area is 135 Å². The van der Waals surface area contributed by atoms with Gasteiger partial charge in [-0.15, -0.1) is 0 Å². The Morgan fingerprint density at radius 2 is 1.86 bits per heavy atom. The Morgan fingerprint density at radius 3 is 2.50 bits per heavy atom. The summed E-state index contributed by atoms with van der Waals surface area (Å²) in [6.45, 7) is 3.82. The zero-order chi connectivity index (χ0) is 16.1. The molecule has 0 aliphatic rings. The van der Waals surface area contributed by atoms with E-state index in [9.17, 15) is 4.79 Å². The van der Waals surface area contributed by atoms with Crippen LogP contribution < -0.4 is 15.4 Å². The standard InChI is InChI=1S/C17H19ClN2O2/c1-11-4-7-14(8-5-11)19-12(2)17(21)20-15-10-13(18)6-9-16(15)22-3/h4-10,12,19H,1-3H3,(H,20,21)/t12-/m1/s1. The molecule has 2 aromatic rings. The summed E-state index contributed by atoms with van der Waals surface area (Å²) in [6, 6.07) is 12.6. The minimum absolute atomic E-state index is 0.166. The van der Waals surface area contributed by atoms with Gasteiger partial charge in [0.25, 0.3) is 0 Å². The fourth-order valence-electron chi connectivity index (χ4n) is 1.98. The van der Waals surface area contributed by atoms with E-state index in [1.165, 1.54) is 5.56 Å². The zero-order valence-corrected chi connectivity index (χ0v) is 13.6. The summed E-state index contributed by atoms with van der Waals surface area (Å²) >= 11 is 5.96. The van der Waals surface area contributed by atoms with E-state index in [-0.39, 0.29) is 5.91 Å². The quantitative estimate of drug-likeness (QED) is 0.872. The summed E-state index contributed by atoms with van der Waals surface area (Å²) in [4.78, 5) is 12.3. The van der Waals surface area contributed by atoms with Gasteiger partial charge >= 0.3 is 0 Å². The van der Waals surface area contributed by atoms with Crippen LogP contribution in [0.3, 0.4) is 0 Å². The number of benzene rings is 2. The Hall–Kier alpha value is -2.20. The molecule has 5 heteroatoms. The van der Waals surface area contributed by atoms with Gasteiger partial charge in [0, 0.05) is 10.7 Å². The number of methoxy groups -OCH3 is 1. The van der Waals surface area contributed by atoms with E-state index < -0.39 is 6.04 Å². The molecule has 4 nitrogen and oxygen atoms in total. The van der Waals surface area contributed by atoms with Gasteiger partial charge in [-0.3, -0.25) is 4.79 Å². The molecule has 0 heterocycles. The molecule has 0 unspecified atom stereocenters. The molecule has 22 heavy (non-hydrogen) atoms. The van der Waals surface area contributed by atoms with Crippen molar-refractivity contribution >= 4 is 28.9 Å². The first-order valence-corrected chi connectivity index (χ1v) is 7.35. The fraction of sp³-hybridized carbons (Fsp3) is 0.235. The molecule has 0 radical (unpaired) electrons. The van der Waals surface area contributed by atoms with E-state index in [0.717, 1.165) is 5.69 Å². The highest BCUT2D eigenvalue weighted by Gasteiger charge is 2.15. The molecule has 0 saturated carbocycles. The maximum absolute atomic E-state index is 12.3. The van der Waals surface area contributed by atoms with Crippen molar-refractivity contribution in [1.82, 2.24) is 0 Å². The summed E-state index contributed by atoms with van der Waals surface area (Å²) in [7, 11) is 1.55. The second kappa shape index (κ2) is 7.18. The molecule has 0 aromatic heterocycles. The van der Waals surface area contributed by atoms with E-state index in [2.05, 4.69) is 10.6 Å². The van der Waals surface area contributed by atoms with Crippen molar-refractivity contribution in [2.45, 2.75) is 19.9 Å². The topological polar surface area (TPSA) is 50.4 Å². The van der Waals surface area contributed by atoms with Crippen molar-refractivity contribution in [2.75, 3.05) is 17.7 Å². The molecule has 0 bridgehead atoms. The van der Waals surface area contributed by atoms with Gasteiger partial charge in [-0.25, -0.2) is 0 Å². The number of hydrogen-bond acceptors (Lipinski definition) is 3. The number of carbonyl (C=O) groups excluding carboxylic acids is 1. The molecular weight excluding hydrogens is 300 g/mol. The summed E-state index contributed by atoms with van der Waals surface area (Å²) in [6.07, 6.45) is 0. The van der Waals surface area contributed by atoms with Gasteiger partial charge in [0.1, 0.15) is 11.8 Å². The van der Waals surface area contributed by atoms with Crippen LogP contribution in [0, 0.1) is 6.92 Å². The normalized spacial score (nSPS) is 11.6. The van der Waals surface area contributed by atoms with E-state index in [1.54, 1.807) is 32.2 Å². The van der Waals surface area contributed by atoms with Gasteiger partial charge in [0.2, 0.25) is 5.91 Å². The first kappa shape index (κ1) is 16.2. The van der Waals surface area contributed by atoms with Crippen LogP contribution in [0.25, 0.3) is 0 Å². The van der Waals surface area contributed by atoms with Crippen LogP contribution in [-0.4, -0.2) is 19.1 Å². The highest BCUT2D eigenvalue weighted by molar-refractivity contribution is 6.31. The first-order valence-electron chi connectivity index (χ1n) is 6.97. The molecule has 1 amide bonds. The summed E-state index contributed by atoms with van der Waals surface area (Å²) in [5, 5.41) is 6.52. The SMILES string of the molecule is COc1ccc(Cl)cc1NC(=O)[C@@H](C)Nc1ccc(C)cc1. The second-order valence-electron chi connectivity index (χ2n) is 5.07. The largest absolute Gasteiger partial charge is 0.495 e. The third kappa shape index (κ3) is 4.15. The number of rotatable bonds is 5. The van der Waals surface area contributed by atoms with Crippen LogP contribution >= 0.6 is 11.6 Å². The van der Waals surface area contributed by atoms with Gasteiger partial charge in [-0.1, -0.05) is 29.3 Å². The summed E-state index contributed by atoms with van der Waals surface area (Å²) in [5.74, 6) is 0.404. The number of carbonyl (C=O) groups is 1. The Kier molecular flexibility index (Phi) is 5.28. The van der Waals surface area contributed by atoms with E-state index in [0.29, 0.717) is 16.5 Å². The highest BCUT2D eigenvalue weighted by Crippen LogP contribution is 2.27. The third-order valence-corrected chi connectivity index (χ3v) is 3.48. The van der Waals surface area contributed by atoms with Crippen molar-refractivity contribution in [2.24, 2.45) is 0 Å². The third-order valence-electron chi connectivity index (χ3n) is 3.25. The molecule has 0 aliphatic heterocycles. The molecule has 2 rings (SSSR count). The number of hydrogen-bond donors (Lipinski definition) is 2. The maximum atomic E-state index is 12.3.